The fraction of sp³-hybridized carbons (Fsp3) is 1.00. The van der Waals surface area contributed by atoms with Crippen molar-refractivity contribution in [2.45, 2.75) is 0 Å². The molecule has 0 heterocycles. The molecule has 472 valence electrons. The lowest BCUT2D eigenvalue weighted by atomic mass is 10.6. The van der Waals surface area contributed by atoms with Crippen molar-refractivity contribution in [2.24, 2.45) is 5.11 Å². The van der Waals surface area contributed by atoms with Gasteiger partial charge in [-0.25, -0.2) is 0 Å². The molecule has 0 radical (unpaired) electrons. The average molecular weight is 1180 g/mol. The van der Waals surface area contributed by atoms with Crippen LogP contribution in [0.25, 0.3) is 10.4 Å². The first-order chi connectivity index (χ1) is 39.1. The largest absolute Gasteiger partial charge is 0.379 e. The van der Waals surface area contributed by atoms with Gasteiger partial charge in [0.1, 0.15) is 0 Å². The minimum atomic E-state index is -3.44. The van der Waals surface area contributed by atoms with Gasteiger partial charge in [0.25, 0.3) is 10.1 Å². The Morgan fingerprint density at radius 3 is 0.456 bits per heavy atom. The summed E-state index contributed by atoms with van der Waals surface area (Å²) in [6, 6.07) is 0. The molecule has 0 fully saturated rings. The maximum absolute atomic E-state index is 10.8. The summed E-state index contributed by atoms with van der Waals surface area (Å²) in [5, 5.41) is 3.38. The lowest BCUT2D eigenvalue weighted by molar-refractivity contribution is -0.0319. The normalized spacial score (nSPS) is 11.8. The van der Waals surface area contributed by atoms with E-state index in [-0.39, 0.29) is 13.2 Å². The Kier molecular flexibility index (Phi) is 69.0. The number of nitrogens with zero attached hydrogens (tertiary/aromatic N) is 3. The monoisotopic (exact) mass is 1180 g/mol. The van der Waals surface area contributed by atoms with Crippen LogP contribution in [0.1, 0.15) is 0 Å². The topological polar surface area (TPSA) is 304 Å². The quantitative estimate of drug-likeness (QED) is 0.0265. The van der Waals surface area contributed by atoms with Gasteiger partial charge >= 0.3 is 0 Å². The van der Waals surface area contributed by atoms with E-state index in [4.69, 9.17) is 114 Å². The first kappa shape index (κ1) is 77.3. The van der Waals surface area contributed by atoms with E-state index in [1.54, 1.807) is 0 Å². The molecule has 0 aliphatic heterocycles. The Hall–Kier alpha value is -1.70. The van der Waals surface area contributed by atoms with Crippen LogP contribution in [0.2, 0.25) is 0 Å². The van der Waals surface area contributed by atoms with Crippen LogP contribution in [0.4, 0.5) is 0 Å². The smallest absolute Gasteiger partial charge is 0.264 e. The Balaban J connectivity index is 3.09. The van der Waals surface area contributed by atoms with Crippen LogP contribution in [0.15, 0.2) is 5.11 Å². The summed E-state index contributed by atoms with van der Waals surface area (Å²) in [5.41, 5.74) is 8.17. The second kappa shape index (κ2) is 70.6. The Morgan fingerprint density at radius 1 is 0.228 bits per heavy atom. The third-order valence-electron chi connectivity index (χ3n) is 9.11. The average Bonchev–Trinajstić information content (AvgIpc) is 3.44. The minimum Gasteiger partial charge on any atom is -0.379 e. The van der Waals surface area contributed by atoms with Gasteiger partial charge in [0, 0.05) is 11.5 Å². The van der Waals surface area contributed by atoms with Crippen molar-refractivity contribution >= 4 is 10.1 Å². The van der Waals surface area contributed by atoms with Crippen molar-refractivity contribution in [1.82, 2.24) is 0 Å². The summed E-state index contributed by atoms with van der Waals surface area (Å²) in [5.74, 6) is 0. The highest BCUT2D eigenvalue weighted by Gasteiger charge is 2.02. The molecule has 29 nitrogen and oxygen atoms in total. The van der Waals surface area contributed by atoms with E-state index in [2.05, 4.69) is 14.2 Å². The molecule has 0 saturated heterocycles. The lowest BCUT2D eigenvalue weighted by Gasteiger charge is -2.09. The van der Waals surface area contributed by atoms with Crippen molar-refractivity contribution in [3.63, 3.8) is 0 Å². The van der Waals surface area contributed by atoms with Gasteiger partial charge in [0.05, 0.1) is 317 Å². The summed E-state index contributed by atoms with van der Waals surface area (Å²) >= 11 is 0. The van der Waals surface area contributed by atoms with Crippen LogP contribution in [0.5, 0.6) is 0 Å². The second-order valence-electron chi connectivity index (χ2n) is 15.6. The highest BCUT2D eigenvalue weighted by molar-refractivity contribution is 7.85. The van der Waals surface area contributed by atoms with Gasteiger partial charge in [-0.2, -0.15) is 8.42 Å². The number of hydrogen-bond donors (Lipinski definition) is 0. The van der Waals surface area contributed by atoms with E-state index in [0.29, 0.717) is 304 Å². The zero-order valence-corrected chi connectivity index (χ0v) is 48.1. The van der Waals surface area contributed by atoms with Gasteiger partial charge in [0.15, 0.2) is 0 Å². The predicted octanol–water partition coefficient (Wildman–Crippen LogP) is 0.655. The summed E-state index contributed by atoms with van der Waals surface area (Å²) in [6.45, 7) is 21.5. The molecule has 0 aliphatic carbocycles. The Morgan fingerprint density at radius 2 is 0.342 bits per heavy atom. The van der Waals surface area contributed by atoms with Gasteiger partial charge in [0.2, 0.25) is 0 Å². The molecule has 0 atom stereocenters. The maximum Gasteiger partial charge on any atom is 0.264 e. The minimum absolute atomic E-state index is 0.0114. The van der Waals surface area contributed by atoms with Gasteiger partial charge in [-0.05, 0) is 5.53 Å². The summed E-state index contributed by atoms with van der Waals surface area (Å²) in [7, 11) is -3.44. The number of hydrogen-bond acceptors (Lipinski definition) is 27. The number of azide groups is 1. The third kappa shape index (κ3) is 76.3. The van der Waals surface area contributed by atoms with Gasteiger partial charge in [-0.15, -0.1) is 0 Å². The van der Waals surface area contributed by atoms with Crippen LogP contribution in [-0.4, -0.2) is 332 Å². The first-order valence-corrected chi connectivity index (χ1v) is 29.0. The summed E-state index contributed by atoms with van der Waals surface area (Å²) < 4.78 is 152. The predicted molar refractivity (Wildman–Crippen MR) is 284 cm³/mol. The highest BCUT2D eigenvalue weighted by Crippen LogP contribution is 1.92. The summed E-state index contributed by atoms with van der Waals surface area (Å²) in [6.07, 6.45) is 0.993. The molecule has 79 heavy (non-hydrogen) atoms. The highest BCUT2D eigenvalue weighted by atomic mass is 32.2. The number of ether oxygens (including phenoxy) is 23. The van der Waals surface area contributed by atoms with E-state index in [1.807, 2.05) is 0 Å². The zero-order valence-electron chi connectivity index (χ0n) is 47.3. The molecule has 0 spiro atoms. The van der Waals surface area contributed by atoms with Crippen LogP contribution < -0.4 is 0 Å². The maximum atomic E-state index is 10.8. The fourth-order valence-corrected chi connectivity index (χ4v) is 5.71. The van der Waals surface area contributed by atoms with Crippen molar-refractivity contribution < 1.29 is 122 Å². The van der Waals surface area contributed by atoms with Crippen molar-refractivity contribution in [3.8, 4) is 0 Å². The van der Waals surface area contributed by atoms with Crippen molar-refractivity contribution in [3.05, 3.63) is 10.4 Å². The van der Waals surface area contributed by atoms with Gasteiger partial charge in [-0.1, -0.05) is 5.11 Å². The van der Waals surface area contributed by atoms with Gasteiger partial charge < -0.3 is 109 Å². The van der Waals surface area contributed by atoms with Crippen LogP contribution in [0.3, 0.4) is 0 Å². The Labute approximate surface area is 469 Å². The lowest BCUT2D eigenvalue weighted by Crippen LogP contribution is -2.16. The van der Waals surface area contributed by atoms with Crippen molar-refractivity contribution in [1.29, 1.82) is 0 Å². The molecule has 0 bridgehead atoms. The zero-order chi connectivity index (χ0) is 56.8. The summed E-state index contributed by atoms with van der Waals surface area (Å²) in [4.78, 5) is 2.65. The van der Waals surface area contributed by atoms with E-state index in [0.717, 1.165) is 6.26 Å². The third-order valence-corrected chi connectivity index (χ3v) is 9.70. The van der Waals surface area contributed by atoms with E-state index < -0.39 is 10.1 Å². The first-order valence-electron chi connectivity index (χ1n) is 27.2. The van der Waals surface area contributed by atoms with E-state index in [9.17, 15) is 8.42 Å². The van der Waals surface area contributed by atoms with E-state index >= 15 is 0 Å². The standard InChI is InChI=1S/C49H99N3O26S/c1-79(53,54)78-49-48-77-47-46-76-45-44-75-43-42-74-41-40-73-39-38-72-37-36-71-35-34-70-33-32-69-31-30-68-29-28-67-27-26-66-25-24-65-23-22-64-21-20-63-19-18-62-17-16-61-15-14-60-13-12-59-11-10-58-9-8-57-7-6-56-5-4-55-3-2-51-52-50/h2-49H2,1H3. The molecule has 0 aromatic carbocycles. The number of rotatable bonds is 73. The molecular weight excluding hydrogens is 1080 g/mol. The SMILES string of the molecule is CS(=O)(=O)OCCOCCOCCOCCOCCOCCOCCOCCOCCOCCOCCOCCOCCOCCOCCOCCOCCOCCOCCOCCOCCOCCOCCOCCN=[N+]=[N-]. The molecule has 0 aromatic rings. The van der Waals surface area contributed by atoms with Crippen LogP contribution in [0, 0.1) is 0 Å². The van der Waals surface area contributed by atoms with Crippen molar-refractivity contribution in [2.75, 3.05) is 323 Å². The molecule has 0 aromatic heterocycles. The van der Waals surface area contributed by atoms with Gasteiger partial charge in [-0.3, -0.25) is 4.18 Å². The van der Waals surface area contributed by atoms with Crippen LogP contribution >= 0.6 is 0 Å². The van der Waals surface area contributed by atoms with E-state index in [1.165, 1.54) is 0 Å². The molecular formula is C49H99N3O26S. The molecule has 0 saturated carbocycles. The fourth-order valence-electron chi connectivity index (χ4n) is 5.33. The Bertz CT molecular complexity index is 1310. The molecule has 0 N–H and O–H groups in total. The molecule has 0 amide bonds. The van der Waals surface area contributed by atoms with Crippen LogP contribution in [-0.2, 0) is 123 Å². The molecule has 30 heteroatoms. The molecule has 0 rings (SSSR count). The second-order valence-corrected chi connectivity index (χ2v) is 17.2. The molecule has 0 unspecified atom stereocenters. The molecule has 0 aliphatic rings.